The molecular weight excluding hydrogens is 356 g/mol. The van der Waals surface area contributed by atoms with Crippen molar-refractivity contribution in [1.82, 2.24) is 4.98 Å². The molecule has 1 N–H and O–H groups in total. The van der Waals surface area contributed by atoms with Gasteiger partial charge in [-0.3, -0.25) is 4.79 Å². The summed E-state index contributed by atoms with van der Waals surface area (Å²) in [6.45, 7) is 4.59. The van der Waals surface area contributed by atoms with Gasteiger partial charge in [0.2, 0.25) is 5.91 Å². The minimum Gasteiger partial charge on any atom is -0.374 e. The van der Waals surface area contributed by atoms with Crippen LogP contribution in [0.1, 0.15) is 43.7 Å². The van der Waals surface area contributed by atoms with Crippen molar-refractivity contribution in [2.45, 2.75) is 52.2 Å². The topological polar surface area (TPSA) is 51.2 Å². The molecule has 1 aromatic heterocycles. The third-order valence-corrected chi connectivity index (χ3v) is 5.27. The molecule has 0 aliphatic carbocycles. The zero-order chi connectivity index (χ0) is 19.1. The number of hydrogen-bond acceptors (Lipinski definition) is 4. The summed E-state index contributed by atoms with van der Waals surface area (Å²) in [7, 11) is 0. The number of rotatable bonds is 9. The second-order valence-electron chi connectivity index (χ2n) is 6.89. The molecule has 0 saturated carbocycles. The molecule has 1 amide bonds. The second-order valence-corrected chi connectivity index (χ2v) is 8.01. The lowest BCUT2D eigenvalue weighted by Crippen LogP contribution is -2.11. The lowest BCUT2D eigenvalue weighted by Gasteiger charge is -2.10. The fourth-order valence-electron chi connectivity index (χ4n) is 2.81. The van der Waals surface area contributed by atoms with Crippen LogP contribution >= 0.6 is 11.3 Å². The van der Waals surface area contributed by atoms with E-state index in [0.29, 0.717) is 13.0 Å². The van der Waals surface area contributed by atoms with E-state index < -0.39 is 0 Å². The van der Waals surface area contributed by atoms with E-state index in [9.17, 15) is 4.79 Å². The molecule has 0 saturated heterocycles. The number of ether oxygens (including phenoxy) is 1. The minimum absolute atomic E-state index is 0.0567. The van der Waals surface area contributed by atoms with Gasteiger partial charge < -0.3 is 10.1 Å². The molecule has 3 aromatic rings. The first-order chi connectivity index (χ1) is 13.1. The van der Waals surface area contributed by atoms with Gasteiger partial charge in [0, 0.05) is 12.1 Å². The highest BCUT2D eigenvalue weighted by atomic mass is 32.1. The van der Waals surface area contributed by atoms with Crippen LogP contribution < -0.4 is 5.32 Å². The van der Waals surface area contributed by atoms with Crippen molar-refractivity contribution in [3.8, 4) is 0 Å². The molecule has 0 radical (unpaired) electrons. The Hall–Kier alpha value is -2.24. The number of benzene rings is 2. The van der Waals surface area contributed by atoms with Gasteiger partial charge in [-0.05, 0) is 62.9 Å². The number of nitrogens with one attached hydrogen (secondary N) is 1. The molecule has 0 spiro atoms. The number of carbonyl (C=O) groups excluding carboxylic acids is 1. The van der Waals surface area contributed by atoms with Crippen LogP contribution in [0.5, 0.6) is 0 Å². The van der Waals surface area contributed by atoms with E-state index in [1.165, 1.54) is 4.70 Å². The monoisotopic (exact) mass is 382 g/mol. The summed E-state index contributed by atoms with van der Waals surface area (Å²) >= 11 is 1.74. The maximum Gasteiger partial charge on any atom is 0.224 e. The standard InChI is InChI=1S/C22H26N2O2S/c1-16(2)26-15-17-8-7-9-18(14-17)23-21(25)12-5-6-13-22-24-19-10-3-4-11-20(19)27-22/h3-4,7-11,14,16H,5-6,12-13,15H2,1-2H3,(H,23,25). The number of fused-ring (bicyclic) bond motifs is 1. The minimum atomic E-state index is 0.0567. The highest BCUT2D eigenvalue weighted by molar-refractivity contribution is 7.18. The summed E-state index contributed by atoms with van der Waals surface area (Å²) in [5.74, 6) is 0.0567. The van der Waals surface area contributed by atoms with Crippen molar-refractivity contribution < 1.29 is 9.53 Å². The fourth-order valence-corrected chi connectivity index (χ4v) is 3.82. The van der Waals surface area contributed by atoms with Crippen molar-refractivity contribution in [3.63, 3.8) is 0 Å². The molecule has 0 fully saturated rings. The number of anilines is 1. The quantitative estimate of drug-likeness (QED) is 0.492. The number of carbonyl (C=O) groups is 1. The Bertz CT molecular complexity index is 856. The molecular formula is C22H26N2O2S. The number of amides is 1. The molecule has 0 aliphatic rings. The molecule has 142 valence electrons. The second kappa shape index (κ2) is 9.62. The van der Waals surface area contributed by atoms with Crippen molar-refractivity contribution in [3.05, 3.63) is 59.1 Å². The van der Waals surface area contributed by atoms with E-state index in [2.05, 4.69) is 16.4 Å². The van der Waals surface area contributed by atoms with Gasteiger partial charge in [0.1, 0.15) is 0 Å². The van der Waals surface area contributed by atoms with E-state index in [-0.39, 0.29) is 12.0 Å². The third-order valence-electron chi connectivity index (χ3n) is 4.18. The van der Waals surface area contributed by atoms with Gasteiger partial charge in [-0.25, -0.2) is 4.98 Å². The third kappa shape index (κ3) is 6.15. The lowest BCUT2D eigenvalue weighted by molar-refractivity contribution is -0.116. The Morgan fingerprint density at radius 2 is 2.00 bits per heavy atom. The van der Waals surface area contributed by atoms with Crippen LogP contribution in [0.25, 0.3) is 10.2 Å². The summed E-state index contributed by atoms with van der Waals surface area (Å²) < 4.78 is 6.84. The number of para-hydroxylation sites is 1. The van der Waals surface area contributed by atoms with Gasteiger partial charge in [-0.1, -0.05) is 24.3 Å². The predicted octanol–water partition coefficient (Wildman–Crippen LogP) is 5.57. The summed E-state index contributed by atoms with van der Waals surface area (Å²) in [6, 6.07) is 16.0. The summed E-state index contributed by atoms with van der Waals surface area (Å²) in [4.78, 5) is 16.8. The number of aromatic nitrogens is 1. The van der Waals surface area contributed by atoms with E-state index in [4.69, 9.17) is 4.74 Å². The first-order valence-corrected chi connectivity index (χ1v) is 10.3. The van der Waals surface area contributed by atoms with Crippen molar-refractivity contribution in [1.29, 1.82) is 0 Å². The molecule has 4 nitrogen and oxygen atoms in total. The predicted molar refractivity (Wildman–Crippen MR) is 112 cm³/mol. The summed E-state index contributed by atoms with van der Waals surface area (Å²) in [6.07, 6.45) is 3.47. The van der Waals surface area contributed by atoms with Crippen LogP contribution in [0, 0.1) is 0 Å². The maximum absolute atomic E-state index is 12.2. The zero-order valence-corrected chi connectivity index (χ0v) is 16.7. The van der Waals surface area contributed by atoms with Gasteiger partial charge in [0.25, 0.3) is 0 Å². The van der Waals surface area contributed by atoms with E-state index in [1.54, 1.807) is 11.3 Å². The smallest absolute Gasteiger partial charge is 0.224 e. The molecule has 5 heteroatoms. The van der Waals surface area contributed by atoms with Crippen molar-refractivity contribution in [2.75, 3.05) is 5.32 Å². The normalized spacial score (nSPS) is 11.2. The fraction of sp³-hybridized carbons (Fsp3) is 0.364. The van der Waals surface area contributed by atoms with Gasteiger partial charge in [0.05, 0.1) is 27.9 Å². The van der Waals surface area contributed by atoms with Gasteiger partial charge in [-0.2, -0.15) is 0 Å². The average molecular weight is 383 g/mol. The van der Waals surface area contributed by atoms with Crippen LogP contribution in [0.4, 0.5) is 5.69 Å². The molecule has 2 aromatic carbocycles. The van der Waals surface area contributed by atoms with E-state index >= 15 is 0 Å². The van der Waals surface area contributed by atoms with Gasteiger partial charge >= 0.3 is 0 Å². The lowest BCUT2D eigenvalue weighted by atomic mass is 10.1. The summed E-state index contributed by atoms with van der Waals surface area (Å²) in [5.41, 5.74) is 2.96. The van der Waals surface area contributed by atoms with Crippen LogP contribution in [0.2, 0.25) is 0 Å². The summed E-state index contributed by atoms with van der Waals surface area (Å²) in [5, 5.41) is 4.13. The molecule has 3 rings (SSSR count). The largest absolute Gasteiger partial charge is 0.374 e. The number of thiazole rings is 1. The maximum atomic E-state index is 12.2. The van der Waals surface area contributed by atoms with Gasteiger partial charge in [0.15, 0.2) is 0 Å². The SMILES string of the molecule is CC(C)OCc1cccc(NC(=O)CCCCc2nc3ccccc3s2)c1. The Morgan fingerprint density at radius 1 is 1.15 bits per heavy atom. The molecule has 0 aliphatic heterocycles. The van der Waals surface area contributed by atoms with E-state index in [0.717, 1.165) is 41.0 Å². The average Bonchev–Trinajstić information content (AvgIpc) is 3.07. The van der Waals surface area contributed by atoms with Crippen LogP contribution in [-0.4, -0.2) is 17.0 Å². The highest BCUT2D eigenvalue weighted by Crippen LogP contribution is 2.23. The number of nitrogens with zero attached hydrogens (tertiary/aromatic N) is 1. The van der Waals surface area contributed by atoms with Crippen molar-refractivity contribution >= 4 is 33.1 Å². The molecule has 0 atom stereocenters. The van der Waals surface area contributed by atoms with Crippen molar-refractivity contribution in [2.24, 2.45) is 0 Å². The number of hydrogen-bond donors (Lipinski definition) is 1. The van der Waals surface area contributed by atoms with E-state index in [1.807, 2.05) is 56.3 Å². The van der Waals surface area contributed by atoms with Crippen LogP contribution in [0.15, 0.2) is 48.5 Å². The Labute approximate surface area is 164 Å². The Balaban J connectivity index is 1.41. The first kappa shape index (κ1) is 19.5. The number of unbranched alkanes of at least 4 members (excludes halogenated alkanes) is 1. The number of aryl methyl sites for hydroxylation is 1. The Kier molecular flexibility index (Phi) is 6.96. The van der Waals surface area contributed by atoms with Crippen LogP contribution in [-0.2, 0) is 22.6 Å². The zero-order valence-electron chi connectivity index (χ0n) is 15.9. The van der Waals surface area contributed by atoms with Gasteiger partial charge in [-0.15, -0.1) is 11.3 Å². The molecule has 27 heavy (non-hydrogen) atoms. The highest BCUT2D eigenvalue weighted by Gasteiger charge is 2.06. The first-order valence-electron chi connectivity index (χ1n) is 9.45. The Morgan fingerprint density at radius 3 is 2.81 bits per heavy atom. The molecule has 1 heterocycles. The van der Waals surface area contributed by atoms with Crippen LogP contribution in [0.3, 0.4) is 0 Å². The molecule has 0 unspecified atom stereocenters. The molecule has 0 bridgehead atoms.